The van der Waals surface area contributed by atoms with E-state index in [4.69, 9.17) is 27.9 Å². The monoisotopic (exact) mass is 408 g/mol. The second-order valence-corrected chi connectivity index (χ2v) is 8.21. The summed E-state index contributed by atoms with van der Waals surface area (Å²) < 4.78 is 5.88. The van der Waals surface area contributed by atoms with Crippen molar-refractivity contribution in [3.8, 4) is 5.75 Å². The zero-order valence-corrected chi connectivity index (χ0v) is 17.6. The zero-order valence-electron chi connectivity index (χ0n) is 16.0. The van der Waals surface area contributed by atoms with E-state index >= 15 is 0 Å². The Labute approximate surface area is 171 Å². The Kier molecular flexibility index (Phi) is 6.51. The number of amides is 1. The van der Waals surface area contributed by atoms with Gasteiger partial charge in [0.2, 0.25) is 0 Å². The summed E-state index contributed by atoms with van der Waals surface area (Å²) >= 11 is 12.6. The standard InChI is InChI=1S/C21H26Cl2N2O2/c1-24(2)18-10-6-7-11-19(18)25(3)20(26)13-27-21-15-9-5-4-8-14(15)16(22)12-17(21)23/h4-5,8-9,12,18-19H,6-7,10-11,13H2,1-3H3. The number of carbonyl (C=O) groups is 1. The summed E-state index contributed by atoms with van der Waals surface area (Å²) in [5, 5.41) is 2.66. The SMILES string of the molecule is CN(C)C1CCCCC1N(C)C(=O)COc1c(Cl)cc(Cl)c2ccccc12. The molecule has 3 rings (SSSR count). The first-order valence-corrected chi connectivity index (χ1v) is 10.1. The molecule has 146 valence electrons. The maximum atomic E-state index is 12.8. The number of carbonyl (C=O) groups excluding carboxylic acids is 1. The van der Waals surface area contributed by atoms with Gasteiger partial charge in [0.1, 0.15) is 5.75 Å². The Hall–Kier alpha value is -1.49. The van der Waals surface area contributed by atoms with Crippen LogP contribution in [0.5, 0.6) is 5.75 Å². The Bertz CT molecular complexity index is 825. The van der Waals surface area contributed by atoms with Gasteiger partial charge in [-0.15, -0.1) is 0 Å². The molecule has 2 aromatic rings. The molecule has 1 fully saturated rings. The van der Waals surface area contributed by atoms with E-state index in [2.05, 4.69) is 19.0 Å². The Morgan fingerprint density at radius 1 is 1.04 bits per heavy atom. The summed E-state index contributed by atoms with van der Waals surface area (Å²) in [6.45, 7) is -0.0432. The molecule has 0 aliphatic heterocycles. The highest BCUT2D eigenvalue weighted by atomic mass is 35.5. The Morgan fingerprint density at radius 3 is 2.33 bits per heavy atom. The van der Waals surface area contributed by atoms with Gasteiger partial charge in [-0.1, -0.05) is 60.3 Å². The van der Waals surface area contributed by atoms with Crippen LogP contribution in [0.2, 0.25) is 10.0 Å². The number of fused-ring (bicyclic) bond motifs is 1. The molecule has 2 atom stereocenters. The molecule has 1 aliphatic rings. The topological polar surface area (TPSA) is 32.8 Å². The van der Waals surface area contributed by atoms with Crippen LogP contribution in [-0.2, 0) is 4.79 Å². The molecule has 0 bridgehead atoms. The summed E-state index contributed by atoms with van der Waals surface area (Å²) in [6, 6.07) is 9.89. The first-order chi connectivity index (χ1) is 12.9. The third-order valence-electron chi connectivity index (χ3n) is 5.49. The number of hydrogen-bond acceptors (Lipinski definition) is 3. The maximum absolute atomic E-state index is 12.8. The van der Waals surface area contributed by atoms with Crippen molar-refractivity contribution >= 4 is 39.9 Å². The molecule has 0 N–H and O–H groups in total. The van der Waals surface area contributed by atoms with E-state index in [1.54, 1.807) is 6.07 Å². The molecule has 0 spiro atoms. The third kappa shape index (κ3) is 4.34. The molecule has 2 unspecified atom stereocenters. The predicted molar refractivity (Wildman–Crippen MR) is 112 cm³/mol. The maximum Gasteiger partial charge on any atom is 0.260 e. The molecule has 4 nitrogen and oxygen atoms in total. The predicted octanol–water partition coefficient (Wildman–Crippen LogP) is 4.86. The number of rotatable bonds is 5. The molecule has 2 aromatic carbocycles. The molecule has 6 heteroatoms. The first-order valence-electron chi connectivity index (χ1n) is 9.31. The highest BCUT2D eigenvalue weighted by Crippen LogP contribution is 2.38. The van der Waals surface area contributed by atoms with E-state index in [0.29, 0.717) is 21.8 Å². The largest absolute Gasteiger partial charge is 0.482 e. The van der Waals surface area contributed by atoms with Crippen LogP contribution in [0.3, 0.4) is 0 Å². The average Bonchev–Trinajstić information content (AvgIpc) is 2.67. The van der Waals surface area contributed by atoms with Gasteiger partial charge in [-0.2, -0.15) is 0 Å². The number of hydrogen-bond donors (Lipinski definition) is 0. The highest BCUT2D eigenvalue weighted by molar-refractivity contribution is 6.39. The number of benzene rings is 2. The van der Waals surface area contributed by atoms with Gasteiger partial charge in [-0.3, -0.25) is 4.79 Å². The fourth-order valence-electron chi connectivity index (χ4n) is 3.99. The van der Waals surface area contributed by atoms with Gasteiger partial charge in [0.05, 0.1) is 10.0 Å². The molecule has 0 heterocycles. The van der Waals surface area contributed by atoms with Crippen molar-refractivity contribution in [3.63, 3.8) is 0 Å². The lowest BCUT2D eigenvalue weighted by atomic mass is 9.88. The van der Waals surface area contributed by atoms with Crippen LogP contribution < -0.4 is 4.74 Å². The normalized spacial score (nSPS) is 20.1. The van der Waals surface area contributed by atoms with Gasteiger partial charge in [0.25, 0.3) is 5.91 Å². The molecule has 27 heavy (non-hydrogen) atoms. The first kappa shape index (κ1) is 20.2. The fourth-order valence-corrected chi connectivity index (χ4v) is 4.58. The van der Waals surface area contributed by atoms with E-state index in [9.17, 15) is 4.79 Å². The minimum atomic E-state index is -0.0432. The van der Waals surface area contributed by atoms with Crippen LogP contribution >= 0.6 is 23.2 Å². The smallest absolute Gasteiger partial charge is 0.260 e. The van der Waals surface area contributed by atoms with Crippen molar-refractivity contribution in [3.05, 3.63) is 40.4 Å². The van der Waals surface area contributed by atoms with Gasteiger partial charge in [-0.05, 0) is 33.0 Å². The summed E-state index contributed by atoms with van der Waals surface area (Å²) in [4.78, 5) is 16.9. The van der Waals surface area contributed by atoms with Gasteiger partial charge < -0.3 is 14.5 Å². The summed E-state index contributed by atoms with van der Waals surface area (Å²) in [6.07, 6.45) is 4.50. The van der Waals surface area contributed by atoms with Gasteiger partial charge in [0, 0.05) is 29.9 Å². The molecule has 0 aromatic heterocycles. The Balaban J connectivity index is 1.75. The molecule has 0 radical (unpaired) electrons. The lowest BCUT2D eigenvalue weighted by molar-refractivity contribution is -0.136. The minimum Gasteiger partial charge on any atom is -0.482 e. The lowest BCUT2D eigenvalue weighted by Gasteiger charge is -2.41. The molecule has 0 saturated heterocycles. The van der Waals surface area contributed by atoms with Crippen LogP contribution in [0.15, 0.2) is 30.3 Å². The molecular weight excluding hydrogens is 383 g/mol. The number of halogens is 2. The fraction of sp³-hybridized carbons (Fsp3) is 0.476. The number of nitrogens with zero attached hydrogens (tertiary/aromatic N) is 2. The third-order valence-corrected chi connectivity index (χ3v) is 6.08. The number of likely N-dealkylation sites (N-methyl/N-ethyl adjacent to an activating group) is 2. The van der Waals surface area contributed by atoms with Crippen molar-refractivity contribution in [1.29, 1.82) is 0 Å². The van der Waals surface area contributed by atoms with Crippen LogP contribution in [0.4, 0.5) is 0 Å². The second kappa shape index (κ2) is 8.68. The van der Waals surface area contributed by atoms with E-state index < -0.39 is 0 Å². The summed E-state index contributed by atoms with van der Waals surface area (Å²) in [7, 11) is 6.04. The van der Waals surface area contributed by atoms with E-state index in [1.807, 2.05) is 36.2 Å². The molecular formula is C21H26Cl2N2O2. The highest BCUT2D eigenvalue weighted by Gasteiger charge is 2.32. The van der Waals surface area contributed by atoms with Crippen molar-refractivity contribution in [2.45, 2.75) is 37.8 Å². The van der Waals surface area contributed by atoms with E-state index in [1.165, 1.54) is 6.42 Å². The Morgan fingerprint density at radius 2 is 1.67 bits per heavy atom. The van der Waals surface area contributed by atoms with Crippen molar-refractivity contribution in [2.75, 3.05) is 27.7 Å². The van der Waals surface area contributed by atoms with E-state index in [0.717, 1.165) is 30.0 Å². The van der Waals surface area contributed by atoms with Crippen molar-refractivity contribution in [1.82, 2.24) is 9.80 Å². The number of ether oxygens (including phenoxy) is 1. The zero-order chi connectivity index (χ0) is 19.6. The van der Waals surface area contributed by atoms with Crippen LogP contribution in [-0.4, -0.2) is 55.5 Å². The van der Waals surface area contributed by atoms with Crippen molar-refractivity contribution in [2.24, 2.45) is 0 Å². The molecule has 1 saturated carbocycles. The van der Waals surface area contributed by atoms with Gasteiger partial charge in [0.15, 0.2) is 6.61 Å². The van der Waals surface area contributed by atoms with Gasteiger partial charge >= 0.3 is 0 Å². The molecule has 1 amide bonds. The minimum absolute atomic E-state index is 0.0381. The summed E-state index contributed by atoms with van der Waals surface area (Å²) in [5.41, 5.74) is 0. The average molecular weight is 409 g/mol. The summed E-state index contributed by atoms with van der Waals surface area (Å²) in [5.74, 6) is 0.468. The lowest BCUT2D eigenvalue weighted by Crippen LogP contribution is -2.52. The van der Waals surface area contributed by atoms with Crippen LogP contribution in [0.25, 0.3) is 10.8 Å². The quantitative estimate of drug-likeness (QED) is 0.707. The van der Waals surface area contributed by atoms with E-state index in [-0.39, 0.29) is 18.6 Å². The second-order valence-electron chi connectivity index (χ2n) is 7.39. The molecule has 1 aliphatic carbocycles. The van der Waals surface area contributed by atoms with Crippen molar-refractivity contribution < 1.29 is 9.53 Å². The van der Waals surface area contributed by atoms with Gasteiger partial charge in [-0.25, -0.2) is 0 Å². The van der Waals surface area contributed by atoms with Crippen LogP contribution in [0, 0.1) is 0 Å². The van der Waals surface area contributed by atoms with Crippen LogP contribution in [0.1, 0.15) is 25.7 Å².